The van der Waals surface area contributed by atoms with Crippen LogP contribution in [0.3, 0.4) is 0 Å². The number of alkyl halides is 3. The van der Waals surface area contributed by atoms with Gasteiger partial charge < -0.3 is 15.3 Å². The molecule has 0 saturated carbocycles. The average molecular weight is 424 g/mol. The molecule has 0 radical (unpaired) electrons. The molecule has 1 aromatic carbocycles. The fourth-order valence-corrected chi connectivity index (χ4v) is 2.71. The Kier molecular flexibility index (Phi) is 7.48. The van der Waals surface area contributed by atoms with Crippen LogP contribution in [0.25, 0.3) is 5.69 Å². The SMILES string of the molecule is CN(C[C@H]1CCNC1)C(=O)c1ncn(-c2cccc(C#N)c2)n1.O=C(O)C(F)(F)F. The van der Waals surface area contributed by atoms with Crippen LogP contribution in [0.5, 0.6) is 0 Å². The molecule has 0 bridgehead atoms. The monoisotopic (exact) mass is 424 g/mol. The van der Waals surface area contributed by atoms with Gasteiger partial charge in [-0.25, -0.2) is 14.5 Å². The highest BCUT2D eigenvalue weighted by Crippen LogP contribution is 2.13. The van der Waals surface area contributed by atoms with Gasteiger partial charge in [0, 0.05) is 13.6 Å². The Hall–Kier alpha value is -3.46. The first-order valence-corrected chi connectivity index (χ1v) is 8.80. The van der Waals surface area contributed by atoms with E-state index in [4.69, 9.17) is 15.2 Å². The van der Waals surface area contributed by atoms with E-state index in [2.05, 4.69) is 21.5 Å². The minimum atomic E-state index is -5.08. The van der Waals surface area contributed by atoms with Crippen LogP contribution in [-0.4, -0.2) is 69.5 Å². The number of carboxylic acids is 1. The third-order valence-electron chi connectivity index (χ3n) is 4.21. The molecule has 12 heteroatoms. The van der Waals surface area contributed by atoms with Crippen molar-refractivity contribution in [2.24, 2.45) is 5.92 Å². The normalized spacial score (nSPS) is 15.6. The van der Waals surface area contributed by atoms with E-state index in [-0.39, 0.29) is 11.7 Å². The maximum Gasteiger partial charge on any atom is 0.490 e. The number of aliphatic carboxylic acids is 1. The van der Waals surface area contributed by atoms with E-state index in [1.807, 2.05) is 6.07 Å². The van der Waals surface area contributed by atoms with E-state index in [0.29, 0.717) is 23.7 Å². The van der Waals surface area contributed by atoms with Crippen molar-refractivity contribution in [3.63, 3.8) is 0 Å². The molecule has 160 valence electrons. The van der Waals surface area contributed by atoms with Gasteiger partial charge in [0.2, 0.25) is 5.82 Å². The number of hydrogen-bond donors (Lipinski definition) is 2. The molecule has 2 heterocycles. The lowest BCUT2D eigenvalue weighted by Crippen LogP contribution is -2.33. The van der Waals surface area contributed by atoms with Crippen LogP contribution >= 0.6 is 0 Å². The van der Waals surface area contributed by atoms with Crippen LogP contribution in [-0.2, 0) is 4.79 Å². The summed E-state index contributed by atoms with van der Waals surface area (Å²) in [6.45, 7) is 2.65. The molecule has 0 spiro atoms. The summed E-state index contributed by atoms with van der Waals surface area (Å²) in [5, 5.41) is 23.6. The second-order valence-corrected chi connectivity index (χ2v) is 6.52. The predicted molar refractivity (Wildman–Crippen MR) is 97.7 cm³/mol. The standard InChI is InChI=1S/C16H18N6O.C2HF3O2/c1-21(10-13-5-6-18-9-13)16(23)15-19-11-22(20-15)14-4-2-3-12(7-14)8-17;3-2(4,5)1(6)7/h2-4,7,11,13,18H,5-6,9-10H2,1H3;(H,6,7)/t13-;/m0./s1. The number of carboxylic acid groups (broad SMARTS) is 1. The molecule has 2 N–H and O–H groups in total. The van der Waals surface area contributed by atoms with Gasteiger partial charge >= 0.3 is 12.1 Å². The van der Waals surface area contributed by atoms with Crippen molar-refractivity contribution >= 4 is 11.9 Å². The van der Waals surface area contributed by atoms with Crippen molar-refractivity contribution in [1.29, 1.82) is 5.26 Å². The zero-order chi connectivity index (χ0) is 22.3. The van der Waals surface area contributed by atoms with Crippen LogP contribution < -0.4 is 5.32 Å². The van der Waals surface area contributed by atoms with E-state index in [1.165, 1.54) is 11.0 Å². The fraction of sp³-hybridized carbons (Fsp3) is 0.389. The van der Waals surface area contributed by atoms with E-state index >= 15 is 0 Å². The number of carbonyl (C=O) groups excluding carboxylic acids is 1. The van der Waals surface area contributed by atoms with Crippen molar-refractivity contribution in [1.82, 2.24) is 25.0 Å². The van der Waals surface area contributed by atoms with Crippen LogP contribution in [0, 0.1) is 17.2 Å². The minimum absolute atomic E-state index is 0.167. The third-order valence-corrected chi connectivity index (χ3v) is 4.21. The van der Waals surface area contributed by atoms with Gasteiger partial charge in [-0.1, -0.05) is 6.07 Å². The largest absolute Gasteiger partial charge is 0.490 e. The quantitative estimate of drug-likeness (QED) is 0.761. The first kappa shape index (κ1) is 22.8. The summed E-state index contributed by atoms with van der Waals surface area (Å²) in [4.78, 5) is 27.1. The van der Waals surface area contributed by atoms with Gasteiger partial charge in [0.25, 0.3) is 5.91 Å². The maximum atomic E-state index is 12.4. The lowest BCUT2D eigenvalue weighted by Gasteiger charge is -2.19. The Balaban J connectivity index is 0.000000396. The van der Waals surface area contributed by atoms with E-state index < -0.39 is 12.1 Å². The lowest BCUT2D eigenvalue weighted by molar-refractivity contribution is -0.192. The van der Waals surface area contributed by atoms with Crippen molar-refractivity contribution in [2.75, 3.05) is 26.7 Å². The number of carbonyl (C=O) groups is 2. The van der Waals surface area contributed by atoms with E-state index in [0.717, 1.165) is 19.5 Å². The zero-order valence-electron chi connectivity index (χ0n) is 15.9. The number of nitrogens with zero attached hydrogens (tertiary/aromatic N) is 5. The molecule has 3 rings (SSSR count). The van der Waals surface area contributed by atoms with Gasteiger partial charge in [-0.05, 0) is 43.6 Å². The van der Waals surface area contributed by atoms with E-state index in [1.54, 1.807) is 30.1 Å². The third kappa shape index (κ3) is 6.28. The maximum absolute atomic E-state index is 12.4. The molecular weight excluding hydrogens is 405 g/mol. The van der Waals surface area contributed by atoms with Gasteiger partial charge in [0.15, 0.2) is 0 Å². The number of hydrogen-bond acceptors (Lipinski definition) is 6. The molecular formula is C18H19F3N6O3. The molecule has 1 amide bonds. The molecule has 1 atom stereocenters. The number of benzene rings is 1. The first-order valence-electron chi connectivity index (χ1n) is 8.80. The molecule has 1 fully saturated rings. The molecule has 1 aliphatic heterocycles. The summed E-state index contributed by atoms with van der Waals surface area (Å²) in [6.07, 6.45) is -2.50. The molecule has 1 saturated heterocycles. The van der Waals surface area contributed by atoms with Gasteiger partial charge in [-0.2, -0.15) is 18.4 Å². The van der Waals surface area contributed by atoms with Crippen LogP contribution in [0.4, 0.5) is 13.2 Å². The van der Waals surface area contributed by atoms with Gasteiger partial charge in [-0.15, -0.1) is 5.10 Å². The summed E-state index contributed by atoms with van der Waals surface area (Å²) in [7, 11) is 1.78. The van der Waals surface area contributed by atoms with Crippen LogP contribution in [0.15, 0.2) is 30.6 Å². The number of nitriles is 1. The number of halogens is 3. The summed E-state index contributed by atoms with van der Waals surface area (Å²) >= 11 is 0. The molecule has 0 unspecified atom stereocenters. The second kappa shape index (κ2) is 9.84. The van der Waals surface area contributed by atoms with Crippen molar-refractivity contribution in [2.45, 2.75) is 12.6 Å². The van der Waals surface area contributed by atoms with Crippen molar-refractivity contribution < 1.29 is 27.9 Å². The summed E-state index contributed by atoms with van der Waals surface area (Å²) in [6, 6.07) is 9.10. The number of rotatable bonds is 4. The Morgan fingerprint density at radius 2 is 2.13 bits per heavy atom. The highest BCUT2D eigenvalue weighted by molar-refractivity contribution is 5.90. The highest BCUT2D eigenvalue weighted by Gasteiger charge is 2.38. The Morgan fingerprint density at radius 1 is 1.43 bits per heavy atom. The number of aromatic nitrogens is 3. The summed E-state index contributed by atoms with van der Waals surface area (Å²) in [5.74, 6) is -2.29. The van der Waals surface area contributed by atoms with Gasteiger partial charge in [0.05, 0.1) is 17.3 Å². The first-order chi connectivity index (χ1) is 14.1. The Labute approximate surface area is 169 Å². The highest BCUT2D eigenvalue weighted by atomic mass is 19.4. The zero-order valence-corrected chi connectivity index (χ0v) is 15.9. The van der Waals surface area contributed by atoms with Crippen LogP contribution in [0.2, 0.25) is 0 Å². The van der Waals surface area contributed by atoms with Crippen molar-refractivity contribution in [3.05, 3.63) is 42.0 Å². The minimum Gasteiger partial charge on any atom is -0.475 e. The number of amides is 1. The molecule has 1 aromatic heterocycles. The lowest BCUT2D eigenvalue weighted by atomic mass is 10.1. The predicted octanol–water partition coefficient (Wildman–Crippen LogP) is 1.45. The second-order valence-electron chi connectivity index (χ2n) is 6.52. The van der Waals surface area contributed by atoms with E-state index in [9.17, 15) is 18.0 Å². The smallest absolute Gasteiger partial charge is 0.475 e. The molecule has 9 nitrogen and oxygen atoms in total. The summed E-state index contributed by atoms with van der Waals surface area (Å²) < 4.78 is 33.2. The molecule has 0 aliphatic carbocycles. The fourth-order valence-electron chi connectivity index (χ4n) is 2.71. The van der Waals surface area contributed by atoms with Gasteiger partial charge in [-0.3, -0.25) is 4.79 Å². The topological polar surface area (TPSA) is 124 Å². The average Bonchev–Trinajstić information content (AvgIpc) is 3.39. The molecule has 2 aromatic rings. The molecule has 1 aliphatic rings. The number of nitrogens with one attached hydrogen (secondary N) is 1. The van der Waals surface area contributed by atoms with Gasteiger partial charge in [0.1, 0.15) is 6.33 Å². The summed E-state index contributed by atoms with van der Waals surface area (Å²) in [5.41, 5.74) is 1.25. The Morgan fingerprint density at radius 3 is 2.70 bits per heavy atom. The van der Waals surface area contributed by atoms with Crippen LogP contribution in [0.1, 0.15) is 22.6 Å². The Bertz CT molecular complexity index is 932. The van der Waals surface area contributed by atoms with Crippen molar-refractivity contribution in [3.8, 4) is 11.8 Å². The molecule has 30 heavy (non-hydrogen) atoms.